The number of fused-ring (bicyclic) bond motifs is 1. The van der Waals surface area contributed by atoms with Crippen molar-refractivity contribution in [1.82, 2.24) is 0 Å². The van der Waals surface area contributed by atoms with Crippen molar-refractivity contribution in [2.24, 2.45) is 0 Å². The van der Waals surface area contributed by atoms with Crippen LogP contribution in [0, 0.1) is 6.92 Å². The Balaban J connectivity index is 2.04. The molecule has 112 valence electrons. The summed E-state index contributed by atoms with van der Waals surface area (Å²) in [6.45, 7) is 2.32. The van der Waals surface area contributed by atoms with Gasteiger partial charge in [0.25, 0.3) is 5.91 Å². The van der Waals surface area contributed by atoms with Crippen LogP contribution in [0.5, 0.6) is 5.75 Å². The van der Waals surface area contributed by atoms with Crippen molar-refractivity contribution < 1.29 is 14.3 Å². The van der Waals surface area contributed by atoms with Gasteiger partial charge in [-0.05, 0) is 36.8 Å². The maximum atomic E-state index is 12.8. The minimum atomic E-state index is -0.0722. The molecule has 4 heteroatoms. The van der Waals surface area contributed by atoms with Crippen molar-refractivity contribution in [2.45, 2.75) is 13.3 Å². The highest BCUT2D eigenvalue weighted by Gasteiger charge is 2.28. The molecule has 0 atom stereocenters. The van der Waals surface area contributed by atoms with Crippen molar-refractivity contribution >= 4 is 17.4 Å². The molecule has 0 N–H and O–H groups in total. The smallest absolute Gasteiger partial charge is 0.258 e. The van der Waals surface area contributed by atoms with Crippen LogP contribution in [-0.2, 0) is 0 Å². The molecule has 0 saturated carbocycles. The van der Waals surface area contributed by atoms with Gasteiger partial charge in [0.1, 0.15) is 5.75 Å². The molecule has 1 aliphatic heterocycles. The molecule has 2 aromatic rings. The lowest BCUT2D eigenvalue weighted by Gasteiger charge is -2.29. The van der Waals surface area contributed by atoms with Gasteiger partial charge >= 0.3 is 0 Å². The van der Waals surface area contributed by atoms with E-state index < -0.39 is 0 Å². The first-order valence-corrected chi connectivity index (χ1v) is 7.20. The third-order valence-corrected chi connectivity index (χ3v) is 3.98. The van der Waals surface area contributed by atoms with E-state index >= 15 is 0 Å². The molecule has 22 heavy (non-hydrogen) atoms. The monoisotopic (exact) mass is 295 g/mol. The van der Waals surface area contributed by atoms with Gasteiger partial charge in [0.05, 0.1) is 12.8 Å². The molecule has 1 amide bonds. The molecule has 0 unspecified atom stereocenters. The Morgan fingerprint density at radius 2 is 1.95 bits per heavy atom. The van der Waals surface area contributed by atoms with E-state index in [2.05, 4.69) is 0 Å². The number of methoxy groups -OCH3 is 1. The van der Waals surface area contributed by atoms with Crippen LogP contribution in [0.3, 0.4) is 0 Å². The second-order valence-corrected chi connectivity index (χ2v) is 5.33. The van der Waals surface area contributed by atoms with Crippen LogP contribution in [-0.4, -0.2) is 25.3 Å². The number of Topliss-reactive ketones (excluding diaryl/α,β-unsaturated/α-hetero) is 1. The summed E-state index contributed by atoms with van der Waals surface area (Å²) < 4.78 is 5.17. The van der Waals surface area contributed by atoms with E-state index in [1.807, 2.05) is 31.2 Å². The Morgan fingerprint density at radius 3 is 2.68 bits per heavy atom. The molecule has 3 rings (SSSR count). The molecular formula is C18H17NO3. The highest BCUT2D eigenvalue weighted by atomic mass is 16.5. The number of nitrogens with zero attached hydrogens (tertiary/aromatic N) is 1. The molecule has 2 aromatic carbocycles. The summed E-state index contributed by atoms with van der Waals surface area (Å²) in [7, 11) is 1.56. The number of carbonyl (C=O) groups is 2. The third-order valence-electron chi connectivity index (χ3n) is 3.98. The van der Waals surface area contributed by atoms with Gasteiger partial charge in [-0.25, -0.2) is 0 Å². The van der Waals surface area contributed by atoms with Crippen LogP contribution in [0.15, 0.2) is 42.5 Å². The number of rotatable bonds is 2. The fraction of sp³-hybridized carbons (Fsp3) is 0.222. The van der Waals surface area contributed by atoms with Crippen LogP contribution in [0.2, 0.25) is 0 Å². The Bertz CT molecular complexity index is 752. The highest BCUT2D eigenvalue weighted by molar-refractivity contribution is 6.13. The molecule has 0 fully saturated rings. The van der Waals surface area contributed by atoms with Crippen LogP contribution < -0.4 is 9.64 Å². The van der Waals surface area contributed by atoms with Gasteiger partial charge in [-0.1, -0.05) is 18.2 Å². The van der Waals surface area contributed by atoms with Crippen molar-refractivity contribution in [1.29, 1.82) is 0 Å². The molecule has 1 heterocycles. The van der Waals surface area contributed by atoms with E-state index in [-0.39, 0.29) is 11.7 Å². The van der Waals surface area contributed by atoms with E-state index in [1.165, 1.54) is 0 Å². The average Bonchev–Trinajstić information content (AvgIpc) is 2.55. The Hall–Kier alpha value is -2.62. The van der Waals surface area contributed by atoms with E-state index in [4.69, 9.17) is 4.74 Å². The molecule has 0 aliphatic carbocycles. The first-order valence-electron chi connectivity index (χ1n) is 7.20. The van der Waals surface area contributed by atoms with Crippen LogP contribution in [0.25, 0.3) is 0 Å². The number of ether oxygens (including phenoxy) is 1. The minimum absolute atomic E-state index is 0.0442. The summed E-state index contributed by atoms with van der Waals surface area (Å²) in [6, 6.07) is 12.7. The summed E-state index contributed by atoms with van der Waals surface area (Å²) in [4.78, 5) is 26.6. The fourth-order valence-electron chi connectivity index (χ4n) is 2.74. The molecular weight excluding hydrogens is 278 g/mol. The van der Waals surface area contributed by atoms with E-state index in [1.54, 1.807) is 30.2 Å². The lowest BCUT2D eigenvalue weighted by molar-refractivity contribution is 0.0954. The normalized spacial score (nSPS) is 13.7. The largest absolute Gasteiger partial charge is 0.497 e. The standard InChI is InChI=1S/C18H17NO3/c1-12-5-3-4-6-14(12)18(21)19-10-9-17(20)15-11-13(22-2)7-8-16(15)19/h3-8,11H,9-10H2,1-2H3. The van der Waals surface area contributed by atoms with Gasteiger partial charge in [0.15, 0.2) is 5.78 Å². The SMILES string of the molecule is COc1ccc2c(c1)C(=O)CCN2C(=O)c1ccccc1C. The van der Waals surface area contributed by atoms with Crippen molar-refractivity contribution in [3.05, 3.63) is 59.2 Å². The third kappa shape index (κ3) is 2.37. The molecule has 0 aromatic heterocycles. The predicted molar refractivity (Wildman–Crippen MR) is 84.8 cm³/mol. The fourth-order valence-corrected chi connectivity index (χ4v) is 2.74. The summed E-state index contributed by atoms with van der Waals surface area (Å²) in [5.41, 5.74) is 2.80. The molecule has 0 radical (unpaired) electrons. The summed E-state index contributed by atoms with van der Waals surface area (Å²) in [5, 5.41) is 0. The number of hydrogen-bond acceptors (Lipinski definition) is 3. The molecule has 1 aliphatic rings. The number of benzene rings is 2. The number of hydrogen-bond donors (Lipinski definition) is 0. The van der Waals surface area contributed by atoms with Crippen molar-refractivity contribution in [3.8, 4) is 5.75 Å². The molecule has 4 nitrogen and oxygen atoms in total. The number of anilines is 1. The average molecular weight is 295 g/mol. The minimum Gasteiger partial charge on any atom is -0.497 e. The summed E-state index contributed by atoms with van der Waals surface area (Å²) in [6.07, 6.45) is 0.331. The second-order valence-electron chi connectivity index (χ2n) is 5.33. The van der Waals surface area contributed by atoms with Crippen LogP contribution in [0.1, 0.15) is 32.7 Å². The second kappa shape index (κ2) is 5.64. The topological polar surface area (TPSA) is 46.6 Å². The van der Waals surface area contributed by atoms with Gasteiger partial charge in [-0.2, -0.15) is 0 Å². The lowest BCUT2D eigenvalue weighted by Crippen LogP contribution is -2.37. The maximum Gasteiger partial charge on any atom is 0.258 e. The summed E-state index contributed by atoms with van der Waals surface area (Å²) in [5.74, 6) is 0.594. The highest BCUT2D eigenvalue weighted by Crippen LogP contribution is 2.31. The van der Waals surface area contributed by atoms with Crippen LogP contribution in [0.4, 0.5) is 5.69 Å². The van der Waals surface area contributed by atoms with Gasteiger partial charge in [-0.3, -0.25) is 9.59 Å². The zero-order valence-corrected chi connectivity index (χ0v) is 12.6. The molecule has 0 spiro atoms. The van der Waals surface area contributed by atoms with E-state index in [9.17, 15) is 9.59 Å². The Morgan fingerprint density at radius 1 is 1.18 bits per heavy atom. The Kier molecular flexibility index (Phi) is 3.67. The zero-order valence-electron chi connectivity index (χ0n) is 12.6. The Labute approximate surface area is 129 Å². The first kappa shape index (κ1) is 14.3. The lowest BCUT2D eigenvalue weighted by atomic mass is 9.98. The van der Waals surface area contributed by atoms with E-state index in [0.717, 1.165) is 5.56 Å². The van der Waals surface area contributed by atoms with Crippen LogP contribution >= 0.6 is 0 Å². The van der Waals surface area contributed by atoms with Gasteiger partial charge in [0.2, 0.25) is 0 Å². The number of amides is 1. The molecule has 0 bridgehead atoms. The summed E-state index contributed by atoms with van der Waals surface area (Å²) >= 11 is 0. The van der Waals surface area contributed by atoms with Gasteiger partial charge < -0.3 is 9.64 Å². The number of carbonyl (C=O) groups excluding carboxylic acids is 2. The number of aryl methyl sites for hydroxylation is 1. The quantitative estimate of drug-likeness (QED) is 0.854. The van der Waals surface area contributed by atoms with Gasteiger partial charge in [-0.15, -0.1) is 0 Å². The van der Waals surface area contributed by atoms with E-state index in [0.29, 0.717) is 35.5 Å². The zero-order chi connectivity index (χ0) is 15.7. The van der Waals surface area contributed by atoms with Gasteiger partial charge in [0, 0.05) is 24.1 Å². The van der Waals surface area contributed by atoms with Crippen molar-refractivity contribution in [2.75, 3.05) is 18.6 Å². The first-order chi connectivity index (χ1) is 10.6. The number of ketones is 1. The predicted octanol–water partition coefficient (Wildman–Crippen LogP) is 3.24. The maximum absolute atomic E-state index is 12.8. The van der Waals surface area contributed by atoms with Crippen molar-refractivity contribution in [3.63, 3.8) is 0 Å². The molecule has 0 saturated heterocycles.